The lowest BCUT2D eigenvalue weighted by molar-refractivity contribution is 0.436. The Morgan fingerprint density at radius 2 is 1.95 bits per heavy atom. The van der Waals surface area contributed by atoms with Gasteiger partial charge < -0.3 is 10.3 Å². The smallest absolute Gasteiger partial charge is 0.177 e. The van der Waals surface area contributed by atoms with Crippen LogP contribution in [0, 0.1) is 12.7 Å². The van der Waals surface area contributed by atoms with Gasteiger partial charge in [0, 0.05) is 5.56 Å². The standard InChI is InChI=1S/C16H12ClFN2O/c1-9-4-2-3-5-11(9)14-15(21-20-16(14)19)10-6-7-12(17)13(18)8-10/h2-8H,1H3,(H2,19,20). The fourth-order valence-electron chi connectivity index (χ4n) is 2.25. The molecule has 0 aliphatic carbocycles. The lowest BCUT2D eigenvalue weighted by Crippen LogP contribution is -1.91. The predicted molar refractivity (Wildman–Crippen MR) is 81.5 cm³/mol. The van der Waals surface area contributed by atoms with Crippen LogP contribution in [0.15, 0.2) is 47.0 Å². The molecule has 0 atom stereocenters. The maximum Gasteiger partial charge on any atom is 0.177 e. The summed E-state index contributed by atoms with van der Waals surface area (Å²) in [4.78, 5) is 0. The van der Waals surface area contributed by atoms with Gasteiger partial charge in [-0.1, -0.05) is 41.0 Å². The fraction of sp³-hybridized carbons (Fsp3) is 0.0625. The molecule has 3 aromatic rings. The molecule has 0 radical (unpaired) electrons. The van der Waals surface area contributed by atoms with Crippen LogP contribution in [-0.2, 0) is 0 Å². The lowest BCUT2D eigenvalue weighted by atomic mass is 9.98. The number of nitrogens with two attached hydrogens (primary N) is 1. The summed E-state index contributed by atoms with van der Waals surface area (Å²) in [5.74, 6) is 0.187. The number of anilines is 1. The van der Waals surface area contributed by atoms with Crippen LogP contribution in [0.4, 0.5) is 10.2 Å². The van der Waals surface area contributed by atoms with Crippen molar-refractivity contribution in [3.63, 3.8) is 0 Å². The van der Waals surface area contributed by atoms with Crippen molar-refractivity contribution in [3.8, 4) is 22.5 Å². The van der Waals surface area contributed by atoms with E-state index >= 15 is 0 Å². The van der Waals surface area contributed by atoms with E-state index in [1.165, 1.54) is 12.1 Å². The van der Waals surface area contributed by atoms with E-state index in [1.54, 1.807) is 6.07 Å². The zero-order chi connectivity index (χ0) is 15.0. The van der Waals surface area contributed by atoms with E-state index in [0.29, 0.717) is 16.9 Å². The molecule has 5 heteroatoms. The summed E-state index contributed by atoms with van der Waals surface area (Å²) in [6, 6.07) is 12.2. The highest BCUT2D eigenvalue weighted by atomic mass is 35.5. The number of hydrogen-bond acceptors (Lipinski definition) is 3. The maximum atomic E-state index is 13.7. The molecule has 1 aromatic heterocycles. The topological polar surface area (TPSA) is 52.0 Å². The molecule has 0 unspecified atom stereocenters. The van der Waals surface area contributed by atoms with Gasteiger partial charge >= 0.3 is 0 Å². The number of aryl methyl sites for hydroxylation is 1. The highest BCUT2D eigenvalue weighted by Gasteiger charge is 2.19. The predicted octanol–water partition coefficient (Wildman–Crippen LogP) is 4.69. The van der Waals surface area contributed by atoms with Gasteiger partial charge in [-0.05, 0) is 36.2 Å². The molecule has 0 aliphatic heterocycles. The molecule has 1 heterocycles. The molecule has 3 rings (SSSR count). The van der Waals surface area contributed by atoms with Gasteiger partial charge in [0.25, 0.3) is 0 Å². The fourth-order valence-corrected chi connectivity index (χ4v) is 2.37. The van der Waals surface area contributed by atoms with Crippen molar-refractivity contribution in [1.29, 1.82) is 0 Å². The van der Waals surface area contributed by atoms with E-state index in [4.69, 9.17) is 21.9 Å². The second-order valence-electron chi connectivity index (χ2n) is 4.72. The van der Waals surface area contributed by atoms with Crippen molar-refractivity contribution >= 4 is 17.4 Å². The minimum Gasteiger partial charge on any atom is -0.380 e. The second kappa shape index (κ2) is 5.22. The van der Waals surface area contributed by atoms with Crippen LogP contribution in [-0.4, -0.2) is 5.16 Å². The van der Waals surface area contributed by atoms with Gasteiger partial charge in [-0.15, -0.1) is 0 Å². The van der Waals surface area contributed by atoms with E-state index < -0.39 is 5.82 Å². The minimum atomic E-state index is -0.514. The third-order valence-electron chi connectivity index (χ3n) is 3.31. The van der Waals surface area contributed by atoms with Crippen molar-refractivity contribution in [1.82, 2.24) is 5.16 Å². The number of benzene rings is 2. The number of rotatable bonds is 2. The van der Waals surface area contributed by atoms with Crippen molar-refractivity contribution in [2.75, 3.05) is 5.73 Å². The number of aromatic nitrogens is 1. The summed E-state index contributed by atoms with van der Waals surface area (Å²) in [5.41, 5.74) is 9.06. The number of nitrogen functional groups attached to an aromatic ring is 1. The van der Waals surface area contributed by atoms with Crippen LogP contribution in [0.1, 0.15) is 5.56 Å². The van der Waals surface area contributed by atoms with Crippen molar-refractivity contribution in [2.45, 2.75) is 6.92 Å². The Morgan fingerprint density at radius 1 is 1.19 bits per heavy atom. The van der Waals surface area contributed by atoms with Crippen molar-refractivity contribution < 1.29 is 8.91 Å². The third kappa shape index (κ3) is 2.38. The molecular weight excluding hydrogens is 291 g/mol. The Kier molecular flexibility index (Phi) is 3.39. The first-order chi connectivity index (χ1) is 10.1. The van der Waals surface area contributed by atoms with Crippen LogP contribution in [0.25, 0.3) is 22.5 Å². The molecule has 3 nitrogen and oxygen atoms in total. The molecule has 0 saturated carbocycles. The van der Waals surface area contributed by atoms with Crippen LogP contribution in [0.2, 0.25) is 5.02 Å². The van der Waals surface area contributed by atoms with Gasteiger partial charge in [0.2, 0.25) is 0 Å². The molecule has 0 bridgehead atoms. The number of hydrogen-bond donors (Lipinski definition) is 1. The third-order valence-corrected chi connectivity index (χ3v) is 3.62. The molecule has 21 heavy (non-hydrogen) atoms. The summed E-state index contributed by atoms with van der Waals surface area (Å²) in [7, 11) is 0. The molecule has 0 amide bonds. The zero-order valence-electron chi connectivity index (χ0n) is 11.2. The van der Waals surface area contributed by atoms with Crippen LogP contribution in [0.3, 0.4) is 0 Å². The Hall–Kier alpha value is -2.33. The van der Waals surface area contributed by atoms with Crippen LogP contribution >= 0.6 is 11.6 Å². The van der Waals surface area contributed by atoms with Crippen LogP contribution < -0.4 is 5.73 Å². The number of nitrogens with zero attached hydrogens (tertiary/aromatic N) is 1. The van der Waals surface area contributed by atoms with Gasteiger partial charge in [-0.25, -0.2) is 4.39 Å². The van der Waals surface area contributed by atoms with Crippen molar-refractivity contribution in [2.24, 2.45) is 0 Å². The van der Waals surface area contributed by atoms with Gasteiger partial charge in [-0.2, -0.15) is 0 Å². The van der Waals surface area contributed by atoms with E-state index in [9.17, 15) is 4.39 Å². The molecule has 0 spiro atoms. The largest absolute Gasteiger partial charge is 0.380 e. The Balaban J connectivity index is 2.22. The normalized spacial score (nSPS) is 10.8. The lowest BCUT2D eigenvalue weighted by Gasteiger charge is -2.06. The monoisotopic (exact) mass is 302 g/mol. The summed E-state index contributed by atoms with van der Waals surface area (Å²) in [6.07, 6.45) is 0. The van der Waals surface area contributed by atoms with Gasteiger partial charge in [0.15, 0.2) is 11.6 Å². The highest BCUT2D eigenvalue weighted by molar-refractivity contribution is 6.30. The Morgan fingerprint density at radius 3 is 2.67 bits per heavy atom. The first kappa shape index (κ1) is 13.6. The average Bonchev–Trinajstić information content (AvgIpc) is 2.84. The summed E-state index contributed by atoms with van der Waals surface area (Å²) in [6.45, 7) is 1.97. The summed E-state index contributed by atoms with van der Waals surface area (Å²) in [5, 5.41) is 3.87. The molecule has 0 aliphatic rings. The number of halogens is 2. The van der Waals surface area contributed by atoms with E-state index in [-0.39, 0.29) is 10.8 Å². The van der Waals surface area contributed by atoms with Crippen molar-refractivity contribution in [3.05, 3.63) is 58.9 Å². The molecule has 0 saturated heterocycles. The molecule has 106 valence electrons. The molecule has 0 fully saturated rings. The first-order valence-corrected chi connectivity index (χ1v) is 6.72. The quantitative estimate of drug-likeness (QED) is 0.747. The van der Waals surface area contributed by atoms with E-state index in [1.807, 2.05) is 31.2 Å². The first-order valence-electron chi connectivity index (χ1n) is 6.34. The SMILES string of the molecule is Cc1ccccc1-c1c(N)noc1-c1ccc(Cl)c(F)c1. The zero-order valence-corrected chi connectivity index (χ0v) is 12.0. The van der Waals surface area contributed by atoms with Crippen LogP contribution in [0.5, 0.6) is 0 Å². The minimum absolute atomic E-state index is 0.0590. The molecule has 2 aromatic carbocycles. The Bertz CT molecular complexity index is 814. The van der Waals surface area contributed by atoms with E-state index in [0.717, 1.165) is 11.1 Å². The van der Waals surface area contributed by atoms with E-state index in [2.05, 4.69) is 5.16 Å². The highest BCUT2D eigenvalue weighted by Crippen LogP contribution is 2.38. The van der Waals surface area contributed by atoms with Gasteiger partial charge in [0.05, 0.1) is 10.6 Å². The van der Waals surface area contributed by atoms with Gasteiger partial charge in [-0.3, -0.25) is 0 Å². The van der Waals surface area contributed by atoms with Gasteiger partial charge in [0.1, 0.15) is 5.82 Å². The maximum absolute atomic E-state index is 13.7. The second-order valence-corrected chi connectivity index (χ2v) is 5.12. The summed E-state index contributed by atoms with van der Waals surface area (Å²) < 4.78 is 19.0. The average molecular weight is 303 g/mol. The Labute approximate surface area is 126 Å². The molecular formula is C16H12ClFN2O. The summed E-state index contributed by atoms with van der Waals surface area (Å²) >= 11 is 5.71. The molecule has 2 N–H and O–H groups in total.